The molecule has 0 aliphatic rings. The molecule has 0 aliphatic heterocycles. The van der Waals surface area contributed by atoms with Gasteiger partial charge in [0.15, 0.2) is 0 Å². The van der Waals surface area contributed by atoms with Gasteiger partial charge in [-0.2, -0.15) is 0 Å². The minimum Gasteiger partial charge on any atom is -0.479 e. The molecular weight excluding hydrogens is 205 g/mol. The first kappa shape index (κ1) is 12.4. The van der Waals surface area contributed by atoms with Crippen molar-refractivity contribution in [3.63, 3.8) is 0 Å². The highest BCUT2D eigenvalue weighted by Gasteiger charge is 2.07. The number of anilines is 1. The van der Waals surface area contributed by atoms with E-state index in [4.69, 9.17) is 11.2 Å². The Morgan fingerprint density at radius 1 is 1.56 bits per heavy atom. The summed E-state index contributed by atoms with van der Waals surface area (Å²) in [6, 6.07) is 4.70. The quantitative estimate of drug-likeness (QED) is 0.771. The van der Waals surface area contributed by atoms with Gasteiger partial charge in [0.2, 0.25) is 0 Å². The fourth-order valence-electron chi connectivity index (χ4n) is 1.22. The Labute approximate surface area is 95.8 Å². The van der Waals surface area contributed by atoms with Crippen molar-refractivity contribution in [2.45, 2.75) is 26.3 Å². The summed E-state index contributed by atoms with van der Waals surface area (Å²) in [7, 11) is 0. The molecule has 86 valence electrons. The number of nitrogens with one attached hydrogen (secondary N) is 1. The molecule has 0 saturated heterocycles. The summed E-state index contributed by atoms with van der Waals surface area (Å²) >= 11 is 0. The predicted octanol–water partition coefficient (Wildman–Crippen LogP) is 3.05. The van der Waals surface area contributed by atoms with Gasteiger partial charge in [0.05, 0.1) is 5.69 Å². The molecule has 0 aromatic heterocycles. The lowest BCUT2D eigenvalue weighted by atomic mass is 10.2. The van der Waals surface area contributed by atoms with Gasteiger partial charge in [0, 0.05) is 12.1 Å². The standard InChI is InChI=1S/C13H16FNO/c1-4-8-16-13-9-11(14)6-7-12(13)15-10(3)5-2/h1,6-7,9-10,15H,5,8H2,2-3H3. The highest BCUT2D eigenvalue weighted by atomic mass is 19.1. The van der Waals surface area contributed by atoms with E-state index in [9.17, 15) is 4.39 Å². The summed E-state index contributed by atoms with van der Waals surface area (Å²) in [5.74, 6) is 2.48. The van der Waals surface area contributed by atoms with Gasteiger partial charge in [0.1, 0.15) is 18.2 Å². The van der Waals surface area contributed by atoms with Gasteiger partial charge in [-0.15, -0.1) is 6.42 Å². The molecule has 0 radical (unpaired) electrons. The zero-order valence-corrected chi connectivity index (χ0v) is 9.59. The number of halogens is 1. The van der Waals surface area contributed by atoms with Crippen LogP contribution in [0.1, 0.15) is 20.3 Å². The fraction of sp³-hybridized carbons (Fsp3) is 0.385. The number of rotatable bonds is 5. The van der Waals surface area contributed by atoms with Gasteiger partial charge in [0.25, 0.3) is 0 Å². The lowest BCUT2D eigenvalue weighted by Gasteiger charge is -2.16. The topological polar surface area (TPSA) is 21.3 Å². The van der Waals surface area contributed by atoms with E-state index in [0.717, 1.165) is 12.1 Å². The van der Waals surface area contributed by atoms with E-state index in [2.05, 4.69) is 18.2 Å². The SMILES string of the molecule is C#CCOc1cc(F)ccc1NC(C)CC. The second kappa shape index (κ2) is 6.02. The lowest BCUT2D eigenvalue weighted by molar-refractivity contribution is 0.369. The van der Waals surface area contributed by atoms with Gasteiger partial charge in [-0.25, -0.2) is 4.39 Å². The van der Waals surface area contributed by atoms with E-state index in [0.29, 0.717) is 11.8 Å². The summed E-state index contributed by atoms with van der Waals surface area (Å²) in [4.78, 5) is 0. The molecule has 1 unspecified atom stereocenters. The van der Waals surface area contributed by atoms with Crippen LogP contribution in [0.4, 0.5) is 10.1 Å². The van der Waals surface area contributed by atoms with E-state index >= 15 is 0 Å². The Balaban J connectivity index is 2.85. The Morgan fingerprint density at radius 3 is 2.94 bits per heavy atom. The number of hydrogen-bond donors (Lipinski definition) is 1. The highest BCUT2D eigenvalue weighted by molar-refractivity contribution is 5.57. The molecule has 1 atom stereocenters. The van der Waals surface area contributed by atoms with Gasteiger partial charge >= 0.3 is 0 Å². The molecule has 0 saturated carbocycles. The van der Waals surface area contributed by atoms with Crippen molar-refractivity contribution < 1.29 is 9.13 Å². The first-order chi connectivity index (χ1) is 7.67. The van der Waals surface area contributed by atoms with Crippen LogP contribution >= 0.6 is 0 Å². The molecular formula is C13H16FNO. The van der Waals surface area contributed by atoms with Crippen LogP contribution in [0.3, 0.4) is 0 Å². The zero-order chi connectivity index (χ0) is 12.0. The molecule has 0 heterocycles. The second-order valence-electron chi connectivity index (χ2n) is 3.59. The maximum atomic E-state index is 13.0. The van der Waals surface area contributed by atoms with E-state index in [1.807, 2.05) is 6.92 Å². The van der Waals surface area contributed by atoms with E-state index in [1.54, 1.807) is 6.07 Å². The maximum Gasteiger partial charge on any atom is 0.148 e. The Morgan fingerprint density at radius 2 is 2.31 bits per heavy atom. The van der Waals surface area contributed by atoms with Crippen molar-refractivity contribution in [3.8, 4) is 18.1 Å². The van der Waals surface area contributed by atoms with Crippen LogP contribution in [-0.4, -0.2) is 12.6 Å². The predicted molar refractivity (Wildman–Crippen MR) is 64.1 cm³/mol. The largest absolute Gasteiger partial charge is 0.479 e. The van der Waals surface area contributed by atoms with Gasteiger partial charge in [-0.05, 0) is 25.5 Å². The average molecular weight is 221 g/mol. The normalized spacial score (nSPS) is 11.6. The van der Waals surface area contributed by atoms with Crippen LogP contribution in [0.5, 0.6) is 5.75 Å². The van der Waals surface area contributed by atoms with E-state index in [-0.39, 0.29) is 12.4 Å². The molecule has 2 nitrogen and oxygen atoms in total. The van der Waals surface area contributed by atoms with Gasteiger partial charge < -0.3 is 10.1 Å². The third kappa shape index (κ3) is 3.47. The molecule has 3 heteroatoms. The third-order valence-corrected chi connectivity index (χ3v) is 2.27. The molecule has 0 spiro atoms. The maximum absolute atomic E-state index is 13.0. The number of terminal acetylenes is 1. The second-order valence-corrected chi connectivity index (χ2v) is 3.59. The average Bonchev–Trinajstić information content (AvgIpc) is 2.29. The summed E-state index contributed by atoms with van der Waals surface area (Å²) < 4.78 is 18.3. The zero-order valence-electron chi connectivity index (χ0n) is 9.59. The number of hydrogen-bond acceptors (Lipinski definition) is 2. The van der Waals surface area contributed by atoms with Crippen molar-refractivity contribution >= 4 is 5.69 Å². The van der Waals surface area contributed by atoms with Crippen molar-refractivity contribution in [3.05, 3.63) is 24.0 Å². The van der Waals surface area contributed by atoms with Gasteiger partial charge in [-0.3, -0.25) is 0 Å². The molecule has 1 rings (SSSR count). The first-order valence-electron chi connectivity index (χ1n) is 5.29. The summed E-state index contributed by atoms with van der Waals surface area (Å²) in [6.45, 7) is 4.26. The summed E-state index contributed by atoms with van der Waals surface area (Å²) in [6.07, 6.45) is 6.08. The Hall–Kier alpha value is -1.69. The van der Waals surface area contributed by atoms with Crippen molar-refractivity contribution in [1.82, 2.24) is 0 Å². The van der Waals surface area contributed by atoms with Crippen molar-refractivity contribution in [2.24, 2.45) is 0 Å². The first-order valence-corrected chi connectivity index (χ1v) is 5.29. The van der Waals surface area contributed by atoms with Crippen LogP contribution in [0.2, 0.25) is 0 Å². The Kier molecular flexibility index (Phi) is 4.65. The molecule has 1 aromatic carbocycles. The third-order valence-electron chi connectivity index (χ3n) is 2.27. The van der Waals surface area contributed by atoms with Crippen LogP contribution in [-0.2, 0) is 0 Å². The fourth-order valence-corrected chi connectivity index (χ4v) is 1.22. The number of ether oxygens (including phenoxy) is 1. The van der Waals surface area contributed by atoms with Crippen LogP contribution < -0.4 is 10.1 Å². The van der Waals surface area contributed by atoms with Crippen LogP contribution in [0, 0.1) is 18.2 Å². The molecule has 0 fully saturated rings. The summed E-state index contributed by atoms with van der Waals surface area (Å²) in [5.41, 5.74) is 0.769. The summed E-state index contributed by atoms with van der Waals surface area (Å²) in [5, 5.41) is 3.24. The van der Waals surface area contributed by atoms with Crippen molar-refractivity contribution in [2.75, 3.05) is 11.9 Å². The smallest absolute Gasteiger partial charge is 0.148 e. The molecule has 0 amide bonds. The minimum atomic E-state index is -0.332. The Bertz CT molecular complexity index is 384. The van der Waals surface area contributed by atoms with Crippen LogP contribution in [0.15, 0.2) is 18.2 Å². The molecule has 0 bridgehead atoms. The highest BCUT2D eigenvalue weighted by Crippen LogP contribution is 2.26. The van der Waals surface area contributed by atoms with Gasteiger partial charge in [-0.1, -0.05) is 12.8 Å². The van der Waals surface area contributed by atoms with Crippen LogP contribution in [0.25, 0.3) is 0 Å². The molecule has 1 aromatic rings. The number of benzene rings is 1. The molecule has 1 N–H and O–H groups in total. The lowest BCUT2D eigenvalue weighted by Crippen LogP contribution is -2.14. The van der Waals surface area contributed by atoms with E-state index in [1.165, 1.54) is 12.1 Å². The van der Waals surface area contributed by atoms with Crippen molar-refractivity contribution in [1.29, 1.82) is 0 Å². The van der Waals surface area contributed by atoms with E-state index < -0.39 is 0 Å². The minimum absolute atomic E-state index is 0.138. The molecule has 16 heavy (non-hydrogen) atoms. The monoisotopic (exact) mass is 221 g/mol. The molecule has 0 aliphatic carbocycles.